The van der Waals surface area contributed by atoms with Crippen molar-refractivity contribution in [1.82, 2.24) is 0 Å². The lowest BCUT2D eigenvalue weighted by Crippen LogP contribution is -2.49. The van der Waals surface area contributed by atoms with E-state index >= 15 is 0 Å². The molecule has 0 saturated carbocycles. The van der Waals surface area contributed by atoms with Crippen molar-refractivity contribution in [1.29, 1.82) is 0 Å². The molecule has 1 heterocycles. The lowest BCUT2D eigenvalue weighted by molar-refractivity contribution is -0.174. The van der Waals surface area contributed by atoms with Crippen molar-refractivity contribution < 1.29 is 18.8 Å². The third-order valence-corrected chi connectivity index (χ3v) is 2.72. The van der Waals surface area contributed by atoms with Crippen LogP contribution in [0.4, 0.5) is 4.39 Å². The van der Waals surface area contributed by atoms with E-state index in [9.17, 15) is 9.18 Å². The molecule has 0 amide bonds. The van der Waals surface area contributed by atoms with Gasteiger partial charge in [0.15, 0.2) is 6.17 Å². The van der Waals surface area contributed by atoms with Gasteiger partial charge in [-0.25, -0.2) is 9.18 Å². The molecule has 0 spiro atoms. The summed E-state index contributed by atoms with van der Waals surface area (Å²) >= 11 is 0. The molecule has 2 unspecified atom stereocenters. The fourth-order valence-electron chi connectivity index (χ4n) is 1.65. The number of carbonyl (C=O) groups excluding carboxylic acids is 1. The van der Waals surface area contributed by atoms with Crippen molar-refractivity contribution >= 4 is 11.7 Å². The molecule has 92 valence electrons. The van der Waals surface area contributed by atoms with Gasteiger partial charge in [-0.2, -0.15) is 0 Å². The van der Waals surface area contributed by atoms with Gasteiger partial charge < -0.3 is 9.57 Å². The second kappa shape index (κ2) is 4.80. The topological polar surface area (TPSA) is 47.9 Å². The Balaban J connectivity index is 2.90. The molecule has 0 aliphatic carbocycles. The maximum absolute atomic E-state index is 14.2. The van der Waals surface area contributed by atoms with Crippen LogP contribution in [-0.4, -0.2) is 30.1 Å². The molecule has 0 bridgehead atoms. The molecule has 2 atom stereocenters. The zero-order valence-electron chi connectivity index (χ0n) is 10.1. The summed E-state index contributed by atoms with van der Waals surface area (Å²) in [6.45, 7) is 7.18. The van der Waals surface area contributed by atoms with Gasteiger partial charge in [0, 0.05) is 6.42 Å². The van der Waals surface area contributed by atoms with Crippen molar-refractivity contribution in [2.45, 2.75) is 45.9 Å². The van der Waals surface area contributed by atoms with Crippen LogP contribution in [0.3, 0.4) is 0 Å². The number of hydrogen-bond donors (Lipinski definition) is 0. The molecule has 0 fully saturated rings. The van der Waals surface area contributed by atoms with Gasteiger partial charge in [0.05, 0.1) is 12.3 Å². The molecule has 0 aromatic heterocycles. The number of rotatable bonds is 4. The number of nitrogens with zero attached hydrogens (tertiary/aromatic N) is 1. The number of ether oxygens (including phenoxy) is 1. The molecule has 0 radical (unpaired) electrons. The Hall–Kier alpha value is -1.13. The van der Waals surface area contributed by atoms with E-state index < -0.39 is 17.7 Å². The Bertz CT molecular complexity index is 304. The minimum atomic E-state index is -1.57. The molecule has 4 nitrogen and oxygen atoms in total. The zero-order chi connectivity index (χ0) is 12.3. The highest BCUT2D eigenvalue weighted by Gasteiger charge is 2.56. The van der Waals surface area contributed by atoms with E-state index in [2.05, 4.69) is 5.16 Å². The van der Waals surface area contributed by atoms with Gasteiger partial charge >= 0.3 is 5.97 Å². The van der Waals surface area contributed by atoms with Crippen LogP contribution in [0.15, 0.2) is 5.16 Å². The van der Waals surface area contributed by atoms with Crippen LogP contribution in [0.1, 0.15) is 34.1 Å². The molecule has 5 heteroatoms. The summed E-state index contributed by atoms with van der Waals surface area (Å²) in [6.07, 6.45) is -1.32. The molecule has 16 heavy (non-hydrogen) atoms. The first-order valence-electron chi connectivity index (χ1n) is 5.56. The van der Waals surface area contributed by atoms with E-state index in [-0.39, 0.29) is 24.7 Å². The van der Waals surface area contributed by atoms with E-state index in [4.69, 9.17) is 9.57 Å². The third kappa shape index (κ3) is 1.90. The highest BCUT2D eigenvalue weighted by Crippen LogP contribution is 2.34. The van der Waals surface area contributed by atoms with E-state index in [1.807, 2.05) is 13.8 Å². The van der Waals surface area contributed by atoms with Crippen molar-refractivity contribution in [2.75, 3.05) is 6.61 Å². The van der Waals surface area contributed by atoms with Gasteiger partial charge in [0.1, 0.15) is 0 Å². The number of alkyl halides is 1. The van der Waals surface area contributed by atoms with Crippen LogP contribution >= 0.6 is 0 Å². The predicted octanol–water partition coefficient (Wildman–Crippen LogP) is 2.08. The summed E-state index contributed by atoms with van der Waals surface area (Å²) in [5, 5.41) is 3.68. The summed E-state index contributed by atoms with van der Waals surface area (Å²) < 4.78 is 19.0. The van der Waals surface area contributed by atoms with Crippen LogP contribution in [0.2, 0.25) is 0 Å². The van der Waals surface area contributed by atoms with E-state index in [1.54, 1.807) is 13.8 Å². The molecule has 1 rings (SSSR count). The maximum atomic E-state index is 14.2. The van der Waals surface area contributed by atoms with Gasteiger partial charge in [-0.3, -0.25) is 0 Å². The first-order valence-corrected chi connectivity index (χ1v) is 5.56. The minimum Gasteiger partial charge on any atom is -0.463 e. The monoisotopic (exact) mass is 231 g/mol. The Kier molecular flexibility index (Phi) is 3.88. The Morgan fingerprint density at radius 2 is 2.25 bits per heavy atom. The summed E-state index contributed by atoms with van der Waals surface area (Å²) in [5.74, 6) is -0.762. The molecular formula is C11H18FNO3. The first-order chi connectivity index (χ1) is 7.49. The van der Waals surface area contributed by atoms with Crippen molar-refractivity contribution in [3.05, 3.63) is 0 Å². The molecule has 0 saturated heterocycles. The quantitative estimate of drug-likeness (QED) is 0.696. The van der Waals surface area contributed by atoms with Gasteiger partial charge in [-0.1, -0.05) is 25.9 Å². The fourth-order valence-corrected chi connectivity index (χ4v) is 1.65. The summed E-state index contributed by atoms with van der Waals surface area (Å²) in [7, 11) is 0. The smallest absolute Gasteiger partial charge is 0.356 e. The molecule has 0 aromatic carbocycles. The average Bonchev–Trinajstić information content (AvgIpc) is 2.57. The van der Waals surface area contributed by atoms with Crippen LogP contribution in [0.5, 0.6) is 0 Å². The summed E-state index contributed by atoms with van der Waals surface area (Å²) in [4.78, 5) is 16.7. The predicted molar refractivity (Wildman–Crippen MR) is 57.9 cm³/mol. The van der Waals surface area contributed by atoms with E-state index in [0.717, 1.165) is 0 Å². The maximum Gasteiger partial charge on any atom is 0.356 e. The molecule has 1 aliphatic heterocycles. The number of halogens is 1. The molecule has 1 aliphatic rings. The SMILES string of the molecule is CCOC(=O)C1(CC)ON=C(C(C)C)C1F. The van der Waals surface area contributed by atoms with Gasteiger partial charge in [-0.15, -0.1) is 0 Å². The van der Waals surface area contributed by atoms with Crippen molar-refractivity contribution in [3.63, 3.8) is 0 Å². The second-order valence-electron chi connectivity index (χ2n) is 4.09. The Labute approximate surface area is 94.8 Å². The van der Waals surface area contributed by atoms with Crippen LogP contribution in [0.25, 0.3) is 0 Å². The number of oxime groups is 1. The van der Waals surface area contributed by atoms with Crippen LogP contribution < -0.4 is 0 Å². The van der Waals surface area contributed by atoms with Crippen molar-refractivity contribution in [3.8, 4) is 0 Å². The van der Waals surface area contributed by atoms with E-state index in [1.165, 1.54) is 0 Å². The highest BCUT2D eigenvalue weighted by molar-refractivity contribution is 5.98. The lowest BCUT2D eigenvalue weighted by Gasteiger charge is -2.25. The lowest BCUT2D eigenvalue weighted by atomic mass is 9.88. The second-order valence-corrected chi connectivity index (χ2v) is 4.09. The molecule has 0 N–H and O–H groups in total. The number of esters is 1. The van der Waals surface area contributed by atoms with Crippen molar-refractivity contribution in [2.24, 2.45) is 11.1 Å². The van der Waals surface area contributed by atoms with Crippen LogP contribution in [0, 0.1) is 5.92 Å². The number of carbonyl (C=O) groups is 1. The number of hydrogen-bond acceptors (Lipinski definition) is 4. The van der Waals surface area contributed by atoms with Crippen LogP contribution in [-0.2, 0) is 14.4 Å². The van der Waals surface area contributed by atoms with Gasteiger partial charge in [0.2, 0.25) is 0 Å². The van der Waals surface area contributed by atoms with E-state index in [0.29, 0.717) is 0 Å². The third-order valence-electron chi connectivity index (χ3n) is 2.72. The normalized spacial score (nSPS) is 28.9. The first kappa shape index (κ1) is 12.9. The zero-order valence-corrected chi connectivity index (χ0v) is 10.1. The largest absolute Gasteiger partial charge is 0.463 e. The summed E-state index contributed by atoms with van der Waals surface area (Å²) in [5.41, 5.74) is -1.30. The minimum absolute atomic E-state index is 0.0853. The Morgan fingerprint density at radius 1 is 1.62 bits per heavy atom. The fraction of sp³-hybridized carbons (Fsp3) is 0.818. The molecular weight excluding hydrogens is 213 g/mol. The standard InChI is InChI=1S/C11H18FNO3/c1-5-11(10(14)15-6-2)9(12)8(7(3)4)13-16-11/h7,9H,5-6H2,1-4H3. The summed E-state index contributed by atoms with van der Waals surface area (Å²) in [6, 6.07) is 0. The van der Waals surface area contributed by atoms with Gasteiger partial charge in [0.25, 0.3) is 5.60 Å². The highest BCUT2D eigenvalue weighted by atomic mass is 19.1. The average molecular weight is 231 g/mol. The molecule has 0 aromatic rings. The Morgan fingerprint density at radius 3 is 2.62 bits per heavy atom. The van der Waals surface area contributed by atoms with Gasteiger partial charge in [-0.05, 0) is 12.8 Å².